The number of carbonyl (C=O) groups excluding carboxylic acids is 3. The summed E-state index contributed by atoms with van der Waals surface area (Å²) in [5, 5.41) is 15.5. The van der Waals surface area contributed by atoms with E-state index in [1.165, 1.54) is 23.2 Å². The molecule has 3 atom stereocenters. The number of nitrogens with one attached hydrogen (secondary N) is 3. The molecule has 0 saturated carbocycles. The molecule has 0 aliphatic heterocycles. The van der Waals surface area contributed by atoms with E-state index < -0.39 is 36.5 Å². The van der Waals surface area contributed by atoms with Gasteiger partial charge in [-0.25, -0.2) is 0 Å². The highest BCUT2D eigenvalue weighted by atomic mass is 35.5. The van der Waals surface area contributed by atoms with Crippen molar-refractivity contribution in [3.63, 3.8) is 0 Å². The molecule has 8 nitrogen and oxygen atoms in total. The van der Waals surface area contributed by atoms with E-state index in [4.69, 9.17) is 23.2 Å². The van der Waals surface area contributed by atoms with E-state index in [9.17, 15) is 19.5 Å². The quantitative estimate of drug-likeness (QED) is 0.409. The van der Waals surface area contributed by atoms with Gasteiger partial charge in [-0.05, 0) is 23.6 Å². The third kappa shape index (κ3) is 4.46. The number of hydrogen-bond acceptors (Lipinski definition) is 5. The van der Waals surface area contributed by atoms with Crippen molar-refractivity contribution in [1.82, 2.24) is 20.5 Å². The zero-order valence-electron chi connectivity index (χ0n) is 17.8. The number of hydrogen-bond donors (Lipinski definition) is 4. The first kappa shape index (κ1) is 23.6. The van der Waals surface area contributed by atoms with Crippen LogP contribution in [-0.4, -0.2) is 58.5 Å². The van der Waals surface area contributed by atoms with Crippen LogP contribution >= 0.6 is 34.5 Å². The molecule has 0 bridgehead atoms. The Balaban J connectivity index is 1.60. The predicted octanol–water partition coefficient (Wildman–Crippen LogP) is 2.89. The summed E-state index contributed by atoms with van der Waals surface area (Å²) < 4.78 is 1.23. The second-order valence-corrected chi connectivity index (χ2v) is 9.96. The predicted molar refractivity (Wildman–Crippen MR) is 128 cm³/mol. The SMILES string of the molecule is CC(=O)NC(CO)C(=O)N(C)[C@@H]1c2ccccc2C[C@H]1NC(=O)c1cc2sc(Cl)c(Cl)c2[nH]1. The molecule has 33 heavy (non-hydrogen) atoms. The molecule has 0 fully saturated rings. The van der Waals surface area contributed by atoms with Crippen LogP contribution in [0.2, 0.25) is 9.36 Å². The van der Waals surface area contributed by atoms with Crippen molar-refractivity contribution in [3.8, 4) is 0 Å². The molecule has 0 radical (unpaired) electrons. The van der Waals surface area contributed by atoms with Crippen molar-refractivity contribution in [2.75, 3.05) is 13.7 Å². The Kier molecular flexibility index (Phi) is 6.67. The van der Waals surface area contributed by atoms with Gasteiger partial charge in [-0.2, -0.15) is 0 Å². The molecule has 1 aliphatic carbocycles. The summed E-state index contributed by atoms with van der Waals surface area (Å²) in [5.74, 6) is -1.21. The Hall–Kier alpha value is -2.59. The van der Waals surface area contributed by atoms with Crippen molar-refractivity contribution in [2.24, 2.45) is 0 Å². The van der Waals surface area contributed by atoms with Gasteiger partial charge in [0, 0.05) is 14.0 Å². The van der Waals surface area contributed by atoms with Gasteiger partial charge in [-0.1, -0.05) is 47.5 Å². The van der Waals surface area contributed by atoms with Crippen molar-refractivity contribution in [2.45, 2.75) is 31.5 Å². The number of benzene rings is 1. The highest BCUT2D eigenvalue weighted by Gasteiger charge is 2.39. The molecule has 3 amide bonds. The van der Waals surface area contributed by atoms with Crippen LogP contribution in [0, 0.1) is 0 Å². The standard InChI is InChI=1S/C22H22Cl2N4O4S/c1-10(30)25-15(9-29)22(32)28(2)19-12-6-4-3-5-11(12)7-13(19)27-21(31)14-8-16-18(26-14)17(23)20(24)33-16/h3-6,8,13,15,19,26,29H,7,9H2,1-2H3,(H,25,30)(H,27,31)/t13-,15?,19-/m1/s1. The number of aliphatic hydroxyl groups excluding tert-OH is 1. The van der Waals surface area contributed by atoms with E-state index in [0.29, 0.717) is 27.0 Å². The molecule has 2 heterocycles. The lowest BCUT2D eigenvalue weighted by molar-refractivity contribution is -0.138. The van der Waals surface area contributed by atoms with Crippen molar-refractivity contribution in [1.29, 1.82) is 0 Å². The zero-order chi connectivity index (χ0) is 23.9. The zero-order valence-corrected chi connectivity index (χ0v) is 20.1. The van der Waals surface area contributed by atoms with Gasteiger partial charge in [-0.15, -0.1) is 11.3 Å². The Morgan fingerprint density at radius 3 is 2.70 bits per heavy atom. The summed E-state index contributed by atoms with van der Waals surface area (Å²) in [4.78, 5) is 42.1. The Bertz CT molecular complexity index is 1240. The molecule has 3 aromatic rings. The number of fused-ring (bicyclic) bond motifs is 2. The molecule has 11 heteroatoms. The summed E-state index contributed by atoms with van der Waals surface area (Å²) in [5.41, 5.74) is 2.86. The Morgan fingerprint density at radius 1 is 1.30 bits per heavy atom. The first-order valence-electron chi connectivity index (χ1n) is 10.2. The third-order valence-electron chi connectivity index (χ3n) is 5.75. The van der Waals surface area contributed by atoms with Crippen LogP contribution in [0.5, 0.6) is 0 Å². The summed E-state index contributed by atoms with van der Waals surface area (Å²) in [6.07, 6.45) is 0.524. The number of nitrogens with zero attached hydrogens (tertiary/aromatic N) is 1. The minimum atomic E-state index is -1.07. The van der Waals surface area contributed by atoms with E-state index in [1.807, 2.05) is 24.3 Å². The van der Waals surface area contributed by atoms with Crippen LogP contribution < -0.4 is 10.6 Å². The summed E-state index contributed by atoms with van der Waals surface area (Å²) in [6, 6.07) is 7.37. The molecule has 2 aromatic heterocycles. The maximum absolute atomic E-state index is 13.1. The number of rotatable bonds is 6. The highest BCUT2D eigenvalue weighted by molar-refractivity contribution is 7.23. The average Bonchev–Trinajstić information content (AvgIpc) is 3.43. The normalized spacial score (nSPS) is 18.1. The number of halogens is 2. The molecule has 4 rings (SSSR count). The van der Waals surface area contributed by atoms with E-state index in [-0.39, 0.29) is 5.91 Å². The van der Waals surface area contributed by atoms with E-state index in [1.54, 1.807) is 13.1 Å². The maximum atomic E-state index is 13.1. The number of carbonyl (C=O) groups is 3. The fraction of sp³-hybridized carbons (Fsp3) is 0.318. The summed E-state index contributed by atoms with van der Waals surface area (Å²) >= 11 is 13.5. The average molecular weight is 509 g/mol. The first-order chi connectivity index (χ1) is 15.7. The van der Waals surface area contributed by atoms with Gasteiger partial charge in [0.2, 0.25) is 11.8 Å². The minimum Gasteiger partial charge on any atom is -0.394 e. The second-order valence-electron chi connectivity index (χ2n) is 7.92. The van der Waals surface area contributed by atoms with Crippen LogP contribution in [-0.2, 0) is 16.0 Å². The highest BCUT2D eigenvalue weighted by Crippen LogP contribution is 2.39. The molecular weight excluding hydrogens is 487 g/mol. The van der Waals surface area contributed by atoms with E-state index >= 15 is 0 Å². The van der Waals surface area contributed by atoms with Crippen molar-refractivity contribution < 1.29 is 19.5 Å². The van der Waals surface area contributed by atoms with E-state index in [0.717, 1.165) is 15.8 Å². The van der Waals surface area contributed by atoms with Gasteiger partial charge in [0.1, 0.15) is 16.1 Å². The van der Waals surface area contributed by atoms with Gasteiger partial charge in [0.05, 0.1) is 33.9 Å². The van der Waals surface area contributed by atoms with Crippen LogP contribution in [0.25, 0.3) is 10.2 Å². The number of thiophene rings is 1. The largest absolute Gasteiger partial charge is 0.394 e. The topological polar surface area (TPSA) is 115 Å². The van der Waals surface area contributed by atoms with Gasteiger partial charge in [0.15, 0.2) is 0 Å². The molecule has 4 N–H and O–H groups in total. The lowest BCUT2D eigenvalue weighted by Gasteiger charge is -2.33. The molecule has 1 aliphatic rings. The van der Waals surface area contributed by atoms with Gasteiger partial charge < -0.3 is 25.6 Å². The van der Waals surface area contributed by atoms with Crippen molar-refractivity contribution >= 4 is 62.5 Å². The minimum absolute atomic E-state index is 0.338. The van der Waals surface area contributed by atoms with Crippen LogP contribution in [0.4, 0.5) is 0 Å². The van der Waals surface area contributed by atoms with Crippen LogP contribution in [0.3, 0.4) is 0 Å². The van der Waals surface area contributed by atoms with Gasteiger partial charge >= 0.3 is 0 Å². The fourth-order valence-electron chi connectivity index (χ4n) is 4.28. The van der Waals surface area contributed by atoms with Crippen LogP contribution in [0.1, 0.15) is 34.6 Å². The van der Waals surface area contributed by atoms with Gasteiger partial charge in [-0.3, -0.25) is 14.4 Å². The Morgan fingerprint density at radius 2 is 2.03 bits per heavy atom. The number of aromatic nitrogens is 1. The number of H-pyrrole nitrogens is 1. The molecular formula is C22H22Cl2N4O4S. The molecule has 0 spiro atoms. The maximum Gasteiger partial charge on any atom is 0.268 e. The smallest absolute Gasteiger partial charge is 0.268 e. The third-order valence-corrected chi connectivity index (χ3v) is 7.68. The number of amides is 3. The number of likely N-dealkylation sites (N-methyl/N-ethyl adjacent to an activating group) is 1. The number of aliphatic hydroxyl groups is 1. The fourth-order valence-corrected chi connectivity index (χ4v) is 5.76. The van der Waals surface area contributed by atoms with Gasteiger partial charge in [0.25, 0.3) is 5.91 Å². The second kappa shape index (κ2) is 9.34. The summed E-state index contributed by atoms with van der Waals surface area (Å²) in [6.45, 7) is 0.751. The molecule has 0 saturated heterocycles. The summed E-state index contributed by atoms with van der Waals surface area (Å²) in [7, 11) is 1.60. The molecule has 174 valence electrons. The Labute approximate surface area is 203 Å². The van der Waals surface area contributed by atoms with Crippen molar-refractivity contribution in [3.05, 3.63) is 56.5 Å². The molecule has 1 aromatic carbocycles. The van der Waals surface area contributed by atoms with E-state index in [2.05, 4.69) is 15.6 Å². The lowest BCUT2D eigenvalue weighted by atomic mass is 10.0. The van der Waals surface area contributed by atoms with Crippen LogP contribution in [0.15, 0.2) is 30.3 Å². The first-order valence-corrected chi connectivity index (χ1v) is 11.8. The molecule has 1 unspecified atom stereocenters. The lowest BCUT2D eigenvalue weighted by Crippen LogP contribution is -2.52. The number of aromatic amines is 1. The monoisotopic (exact) mass is 508 g/mol.